The number of benzene rings is 1. The summed E-state index contributed by atoms with van der Waals surface area (Å²) in [6.45, 7) is 3.72. The van der Waals surface area contributed by atoms with Crippen LogP contribution in [0.3, 0.4) is 0 Å². The van der Waals surface area contributed by atoms with Gasteiger partial charge in [-0.05, 0) is 44.9 Å². The topological polar surface area (TPSA) is 106 Å². The third-order valence-electron chi connectivity index (χ3n) is 4.85. The number of carbonyl (C=O) groups excluding carboxylic acids is 1. The van der Waals surface area contributed by atoms with Gasteiger partial charge in [-0.15, -0.1) is 11.3 Å². The van der Waals surface area contributed by atoms with Gasteiger partial charge in [0.25, 0.3) is 5.91 Å². The molecule has 154 valence electrons. The van der Waals surface area contributed by atoms with Gasteiger partial charge in [0.05, 0.1) is 27.1 Å². The largest absolute Gasteiger partial charge is 0.314 e. The van der Waals surface area contributed by atoms with E-state index < -0.39 is 11.7 Å². The fourth-order valence-electron chi connectivity index (χ4n) is 3.07. The fraction of sp³-hybridized carbons (Fsp3) is 0.286. The Morgan fingerprint density at radius 2 is 2.10 bits per heavy atom. The highest BCUT2D eigenvalue weighted by Crippen LogP contribution is 2.43. The van der Waals surface area contributed by atoms with Crippen molar-refractivity contribution in [3.05, 3.63) is 52.4 Å². The van der Waals surface area contributed by atoms with Crippen molar-refractivity contribution in [1.82, 2.24) is 14.9 Å². The van der Waals surface area contributed by atoms with Gasteiger partial charge in [0.1, 0.15) is 17.3 Å². The van der Waals surface area contributed by atoms with Crippen molar-refractivity contribution in [3.8, 4) is 0 Å². The first kappa shape index (κ1) is 20.1. The number of rotatable bonds is 6. The van der Waals surface area contributed by atoms with Gasteiger partial charge in [-0.25, -0.2) is 14.4 Å². The summed E-state index contributed by atoms with van der Waals surface area (Å²) in [5.74, 6) is -0.526. The number of pyridine rings is 1. The lowest BCUT2D eigenvalue weighted by Gasteiger charge is -2.23. The lowest BCUT2D eigenvalue weighted by atomic mass is 10.2. The molecule has 3 aromatic rings. The van der Waals surface area contributed by atoms with Gasteiger partial charge >= 0.3 is 0 Å². The summed E-state index contributed by atoms with van der Waals surface area (Å²) in [6.07, 6.45) is 3.28. The second kappa shape index (κ2) is 7.91. The second-order valence-corrected chi connectivity index (χ2v) is 8.53. The average Bonchev–Trinajstić information content (AvgIpc) is 3.48. The minimum Gasteiger partial charge on any atom is -0.314 e. The van der Waals surface area contributed by atoms with E-state index in [1.807, 2.05) is 13.8 Å². The maximum Gasteiger partial charge on any atom is 0.259 e. The third-order valence-corrected chi connectivity index (χ3v) is 6.03. The minimum absolute atomic E-state index is 0.0426. The van der Waals surface area contributed by atoms with Crippen LogP contribution >= 0.6 is 11.3 Å². The predicted molar refractivity (Wildman–Crippen MR) is 116 cm³/mol. The highest BCUT2D eigenvalue weighted by molar-refractivity contribution is 7.18. The number of halogens is 1. The molecule has 30 heavy (non-hydrogen) atoms. The normalized spacial score (nSPS) is 13.5. The summed E-state index contributed by atoms with van der Waals surface area (Å²) in [4.78, 5) is 22.9. The quantitative estimate of drug-likeness (QED) is 0.397. The smallest absolute Gasteiger partial charge is 0.259 e. The van der Waals surface area contributed by atoms with E-state index in [9.17, 15) is 9.18 Å². The van der Waals surface area contributed by atoms with Crippen LogP contribution in [0.25, 0.3) is 10.2 Å². The number of amidine groups is 1. The van der Waals surface area contributed by atoms with Gasteiger partial charge in [-0.2, -0.15) is 0 Å². The molecule has 1 amide bonds. The highest BCUT2D eigenvalue weighted by Gasteiger charge is 2.27. The first-order valence-corrected chi connectivity index (χ1v) is 10.4. The zero-order chi connectivity index (χ0) is 21.4. The number of fused-ring (bicyclic) bond motifs is 1. The molecule has 0 unspecified atom stereocenters. The first-order chi connectivity index (χ1) is 14.4. The van der Waals surface area contributed by atoms with Gasteiger partial charge < -0.3 is 10.2 Å². The van der Waals surface area contributed by atoms with E-state index in [-0.39, 0.29) is 23.3 Å². The lowest BCUT2D eigenvalue weighted by molar-refractivity contribution is 0.102. The number of nitrogens with zero attached hydrogens (tertiary/aromatic N) is 3. The number of amides is 1. The number of aromatic nitrogens is 2. The van der Waals surface area contributed by atoms with Gasteiger partial charge in [-0.1, -0.05) is 6.07 Å². The Labute approximate surface area is 177 Å². The Balaban J connectivity index is 1.57. The number of nitrogens with one attached hydrogen (secondary N) is 3. The Bertz CT molecular complexity index is 1150. The molecule has 0 spiro atoms. The van der Waals surface area contributed by atoms with Crippen molar-refractivity contribution in [3.63, 3.8) is 0 Å². The van der Waals surface area contributed by atoms with Crippen LogP contribution in [-0.4, -0.2) is 39.0 Å². The maximum absolute atomic E-state index is 14.6. The van der Waals surface area contributed by atoms with E-state index in [4.69, 9.17) is 10.8 Å². The van der Waals surface area contributed by atoms with Crippen LogP contribution in [0, 0.1) is 16.6 Å². The monoisotopic (exact) mass is 424 g/mol. The molecule has 1 saturated carbocycles. The van der Waals surface area contributed by atoms with Crippen LogP contribution < -0.4 is 5.32 Å². The maximum atomic E-state index is 14.6. The Morgan fingerprint density at radius 3 is 2.77 bits per heavy atom. The van der Waals surface area contributed by atoms with Gasteiger partial charge in [0.15, 0.2) is 5.84 Å². The van der Waals surface area contributed by atoms with Crippen molar-refractivity contribution < 1.29 is 9.18 Å². The molecule has 1 aromatic carbocycles. The van der Waals surface area contributed by atoms with E-state index in [2.05, 4.69) is 15.3 Å². The van der Waals surface area contributed by atoms with Gasteiger partial charge in [0.2, 0.25) is 0 Å². The molecular formula is C21H21FN6OS. The van der Waals surface area contributed by atoms with Crippen molar-refractivity contribution in [2.24, 2.45) is 0 Å². The minimum atomic E-state index is -0.633. The number of hydrogen-bond donors (Lipinski definition) is 3. The molecule has 1 aliphatic carbocycles. The Hall–Kier alpha value is -3.20. The zero-order valence-electron chi connectivity index (χ0n) is 16.6. The molecule has 2 heterocycles. The summed E-state index contributed by atoms with van der Waals surface area (Å²) in [5.41, 5.74) is 0.807. The van der Waals surface area contributed by atoms with Crippen LogP contribution in [-0.2, 0) is 0 Å². The zero-order valence-corrected chi connectivity index (χ0v) is 17.4. The highest BCUT2D eigenvalue weighted by atomic mass is 32.1. The summed E-state index contributed by atoms with van der Waals surface area (Å²) < 4.78 is 15.3. The van der Waals surface area contributed by atoms with E-state index in [0.29, 0.717) is 17.1 Å². The Morgan fingerprint density at radius 1 is 1.33 bits per heavy atom. The number of hydrogen-bond acceptors (Lipinski definition) is 6. The molecule has 0 radical (unpaired) electrons. The van der Waals surface area contributed by atoms with Crippen molar-refractivity contribution >= 4 is 45.5 Å². The number of anilines is 1. The molecule has 7 nitrogen and oxygen atoms in total. The van der Waals surface area contributed by atoms with Crippen LogP contribution in [0.15, 0.2) is 30.3 Å². The molecule has 3 N–H and O–H groups in total. The first-order valence-electron chi connectivity index (χ1n) is 9.63. The molecule has 0 aliphatic heterocycles. The second-order valence-electron chi connectivity index (χ2n) is 7.47. The fourth-order valence-corrected chi connectivity index (χ4v) is 4.23. The molecule has 0 atom stereocenters. The molecule has 9 heteroatoms. The van der Waals surface area contributed by atoms with E-state index in [0.717, 1.165) is 28.9 Å². The molecule has 1 fully saturated rings. The Kier molecular flexibility index (Phi) is 5.29. The summed E-state index contributed by atoms with van der Waals surface area (Å²) in [5, 5.41) is 19.4. The van der Waals surface area contributed by atoms with Crippen molar-refractivity contribution in [1.29, 1.82) is 10.8 Å². The molecule has 0 saturated heterocycles. The van der Waals surface area contributed by atoms with E-state index in [1.165, 1.54) is 28.4 Å². The summed E-state index contributed by atoms with van der Waals surface area (Å²) in [7, 11) is 0. The molecular weight excluding hydrogens is 403 g/mol. The van der Waals surface area contributed by atoms with Crippen LogP contribution in [0.1, 0.15) is 53.7 Å². The summed E-state index contributed by atoms with van der Waals surface area (Å²) >= 11 is 1.50. The van der Waals surface area contributed by atoms with Crippen LogP contribution in [0.5, 0.6) is 0 Å². The van der Waals surface area contributed by atoms with Crippen molar-refractivity contribution in [2.45, 2.75) is 38.6 Å². The predicted octanol–water partition coefficient (Wildman–Crippen LogP) is 4.60. The van der Waals surface area contributed by atoms with E-state index in [1.54, 1.807) is 18.2 Å². The van der Waals surface area contributed by atoms with Gasteiger partial charge in [-0.3, -0.25) is 15.6 Å². The SMILES string of the molecule is CC(C)N(C=N)C(=N)c1cccc(NC(=O)c2cc3sc(C4CC4)nc3cc2F)n1. The average molecular weight is 425 g/mol. The molecule has 4 rings (SSSR count). The van der Waals surface area contributed by atoms with Gasteiger partial charge in [0, 0.05) is 18.0 Å². The number of thiazole rings is 1. The van der Waals surface area contributed by atoms with Crippen molar-refractivity contribution in [2.75, 3.05) is 5.32 Å². The molecule has 0 bridgehead atoms. The van der Waals surface area contributed by atoms with Crippen LogP contribution in [0.2, 0.25) is 0 Å². The third kappa shape index (κ3) is 3.93. The van der Waals surface area contributed by atoms with Crippen LogP contribution in [0.4, 0.5) is 10.2 Å². The standard InChI is InChI=1S/C21H21FN6OS/c1-11(2)28(10-23)19(24)15-4-3-5-18(25-15)27-20(29)13-8-17-16(9-14(13)22)26-21(30-17)12-6-7-12/h3-5,8-12,23-24H,6-7H2,1-2H3,(H,25,27,29). The summed E-state index contributed by atoms with van der Waals surface area (Å²) in [6, 6.07) is 7.60. The molecule has 2 aromatic heterocycles. The lowest BCUT2D eigenvalue weighted by Crippen LogP contribution is -2.36. The molecule has 1 aliphatic rings. The van der Waals surface area contributed by atoms with E-state index >= 15 is 0 Å². The number of carbonyl (C=O) groups is 1.